The van der Waals surface area contributed by atoms with Crippen LogP contribution in [0.1, 0.15) is 22.3 Å². The lowest BCUT2D eigenvalue weighted by Crippen LogP contribution is -2.37. The van der Waals surface area contributed by atoms with Gasteiger partial charge in [-0.05, 0) is 106 Å². The molecule has 0 fully saturated rings. The molecule has 3 nitrogen and oxygen atoms in total. The highest BCUT2D eigenvalue weighted by atomic mass is 32.2. The van der Waals surface area contributed by atoms with Gasteiger partial charge in [-0.3, -0.25) is 0 Å². The Bertz CT molecular complexity index is 3860. The molecule has 304 valence electrons. The lowest BCUT2D eigenvalue weighted by Gasteiger charge is -2.45. The Morgan fingerprint density at radius 1 is 0.338 bits per heavy atom. The Balaban J connectivity index is 0.990. The van der Waals surface area contributed by atoms with Crippen LogP contribution in [0, 0.1) is 0 Å². The third-order valence-corrected chi connectivity index (χ3v) is 15.1. The van der Waals surface area contributed by atoms with Gasteiger partial charge in [0.2, 0.25) is 0 Å². The van der Waals surface area contributed by atoms with Crippen LogP contribution in [0.5, 0.6) is 0 Å². The summed E-state index contributed by atoms with van der Waals surface area (Å²) < 4.78 is 4.94. The van der Waals surface area contributed by atoms with Crippen molar-refractivity contribution in [2.75, 3.05) is 4.90 Å². The molecule has 0 aliphatic carbocycles. The molecular formula is C61H39N3S. The van der Waals surface area contributed by atoms with Crippen molar-refractivity contribution in [2.45, 2.75) is 15.2 Å². The first-order valence-corrected chi connectivity index (χ1v) is 23.2. The zero-order chi connectivity index (χ0) is 42.6. The number of nitrogens with zero attached hydrogens (tertiary/aromatic N) is 3. The van der Waals surface area contributed by atoms with Crippen molar-refractivity contribution in [1.29, 1.82) is 0 Å². The van der Waals surface area contributed by atoms with Gasteiger partial charge >= 0.3 is 0 Å². The molecule has 1 unspecified atom stereocenters. The van der Waals surface area contributed by atoms with Gasteiger partial charge in [-0.2, -0.15) is 0 Å². The Labute approximate surface area is 381 Å². The Morgan fingerprint density at radius 2 is 0.908 bits per heavy atom. The first-order valence-electron chi connectivity index (χ1n) is 22.3. The van der Waals surface area contributed by atoms with Crippen molar-refractivity contribution in [3.05, 3.63) is 259 Å². The van der Waals surface area contributed by atoms with Crippen molar-refractivity contribution in [3.63, 3.8) is 0 Å². The van der Waals surface area contributed by atoms with Crippen molar-refractivity contribution in [1.82, 2.24) is 9.13 Å². The minimum absolute atomic E-state index is 0.538. The fourth-order valence-electron chi connectivity index (χ4n) is 11.3. The van der Waals surface area contributed by atoms with Crippen LogP contribution < -0.4 is 4.90 Å². The summed E-state index contributed by atoms with van der Waals surface area (Å²) in [5, 5.41) is 5.04. The number of para-hydroxylation sites is 5. The summed E-state index contributed by atoms with van der Waals surface area (Å²) in [6.07, 6.45) is 0. The SMILES string of the molecule is c1ccc(-c2ccc(-n3c4ccccc4c4ccc(N(c5ccccc5)c5ccc6c(c5)Sc5ccccc5C65c6ccccc6-n6c7ccccc7c7cccc5c76)cc43)cc2)cc1. The lowest BCUT2D eigenvalue weighted by molar-refractivity contribution is 0.689. The van der Waals surface area contributed by atoms with E-state index in [1.165, 1.54) is 92.5 Å². The van der Waals surface area contributed by atoms with E-state index in [-0.39, 0.29) is 0 Å². The largest absolute Gasteiger partial charge is 0.310 e. The van der Waals surface area contributed by atoms with Crippen LogP contribution in [0.15, 0.2) is 246 Å². The number of fused-ring (bicyclic) bond motifs is 14. The molecule has 2 aromatic heterocycles. The predicted molar refractivity (Wildman–Crippen MR) is 271 cm³/mol. The maximum Gasteiger partial charge on any atom is 0.0764 e. The molecule has 14 rings (SSSR count). The number of benzene rings is 10. The Hall–Kier alpha value is -8.05. The van der Waals surface area contributed by atoms with Crippen LogP contribution in [0.25, 0.3) is 66.1 Å². The molecule has 0 radical (unpaired) electrons. The van der Waals surface area contributed by atoms with Crippen molar-refractivity contribution < 1.29 is 0 Å². The van der Waals surface area contributed by atoms with Crippen LogP contribution in [0.3, 0.4) is 0 Å². The molecule has 0 amide bonds. The van der Waals surface area contributed by atoms with Crippen molar-refractivity contribution >= 4 is 72.4 Å². The highest BCUT2D eigenvalue weighted by Gasteiger charge is 2.49. The minimum atomic E-state index is -0.538. The first kappa shape index (κ1) is 36.4. The summed E-state index contributed by atoms with van der Waals surface area (Å²) in [5.41, 5.74) is 17.7. The van der Waals surface area contributed by atoms with Gasteiger partial charge in [0.1, 0.15) is 0 Å². The van der Waals surface area contributed by atoms with Crippen LogP contribution in [-0.2, 0) is 5.41 Å². The van der Waals surface area contributed by atoms with Crippen molar-refractivity contribution in [2.24, 2.45) is 0 Å². The zero-order valence-electron chi connectivity index (χ0n) is 35.3. The molecule has 12 aromatic rings. The second-order valence-corrected chi connectivity index (χ2v) is 18.3. The van der Waals surface area contributed by atoms with E-state index in [1.807, 2.05) is 11.8 Å². The molecule has 0 N–H and O–H groups in total. The van der Waals surface area contributed by atoms with E-state index in [2.05, 4.69) is 251 Å². The molecule has 0 saturated heterocycles. The third kappa shape index (κ3) is 5.14. The first-order chi connectivity index (χ1) is 32.3. The third-order valence-electron chi connectivity index (χ3n) is 13.9. The van der Waals surface area contributed by atoms with E-state index in [0.29, 0.717) is 0 Å². The van der Waals surface area contributed by atoms with E-state index < -0.39 is 5.41 Å². The molecule has 4 heteroatoms. The maximum absolute atomic E-state index is 2.52. The second kappa shape index (κ2) is 14.0. The van der Waals surface area contributed by atoms with Gasteiger partial charge in [-0.15, -0.1) is 0 Å². The number of hydrogen-bond donors (Lipinski definition) is 0. The summed E-state index contributed by atoms with van der Waals surface area (Å²) in [4.78, 5) is 4.97. The predicted octanol–water partition coefficient (Wildman–Crippen LogP) is 16.2. The average Bonchev–Trinajstić information content (AvgIpc) is 3.89. The average molecular weight is 846 g/mol. The molecule has 0 bridgehead atoms. The van der Waals surface area contributed by atoms with Crippen LogP contribution in [0.4, 0.5) is 17.1 Å². The molecule has 2 aliphatic heterocycles. The van der Waals surface area contributed by atoms with Crippen LogP contribution in [0.2, 0.25) is 0 Å². The molecule has 0 saturated carbocycles. The van der Waals surface area contributed by atoms with E-state index >= 15 is 0 Å². The fourth-order valence-corrected chi connectivity index (χ4v) is 12.5. The lowest BCUT2D eigenvalue weighted by atomic mass is 9.63. The van der Waals surface area contributed by atoms with E-state index in [4.69, 9.17) is 0 Å². The summed E-state index contributed by atoms with van der Waals surface area (Å²) in [5.74, 6) is 0. The topological polar surface area (TPSA) is 13.1 Å². The van der Waals surface area contributed by atoms with Gasteiger partial charge in [0.25, 0.3) is 0 Å². The zero-order valence-corrected chi connectivity index (χ0v) is 36.1. The van der Waals surface area contributed by atoms with Gasteiger partial charge in [0, 0.05) is 54.1 Å². The molecule has 4 heterocycles. The highest BCUT2D eigenvalue weighted by Crippen LogP contribution is 2.61. The van der Waals surface area contributed by atoms with Gasteiger partial charge in [-0.1, -0.05) is 176 Å². The summed E-state index contributed by atoms with van der Waals surface area (Å²) in [6, 6.07) is 87.5. The fraction of sp³-hybridized carbons (Fsp3) is 0.0164. The van der Waals surface area contributed by atoms with E-state index in [9.17, 15) is 0 Å². The minimum Gasteiger partial charge on any atom is -0.310 e. The Morgan fingerprint density at radius 3 is 1.72 bits per heavy atom. The number of hydrogen-bond acceptors (Lipinski definition) is 2. The molecule has 1 atom stereocenters. The maximum atomic E-state index is 2.52. The smallest absolute Gasteiger partial charge is 0.0764 e. The molecule has 2 aliphatic rings. The molecule has 10 aromatic carbocycles. The normalized spacial score (nSPS) is 14.8. The van der Waals surface area contributed by atoms with E-state index in [0.717, 1.165) is 22.7 Å². The second-order valence-electron chi connectivity index (χ2n) is 17.2. The molecular weight excluding hydrogens is 807 g/mol. The molecule has 65 heavy (non-hydrogen) atoms. The number of rotatable bonds is 5. The van der Waals surface area contributed by atoms with Gasteiger partial charge in [0.05, 0.1) is 33.2 Å². The van der Waals surface area contributed by atoms with Gasteiger partial charge < -0.3 is 14.0 Å². The summed E-state index contributed by atoms with van der Waals surface area (Å²) in [7, 11) is 0. The van der Waals surface area contributed by atoms with Crippen LogP contribution in [-0.4, -0.2) is 9.13 Å². The van der Waals surface area contributed by atoms with Gasteiger partial charge in [-0.25, -0.2) is 0 Å². The number of aromatic nitrogens is 2. The standard InChI is InChI=1S/C61H39N3S/c1-3-16-40(17-4-1)41-30-32-43(33-31-41)63-54-26-11-7-20-46(54)48-36-34-44(38-57(48)63)62(42-18-5-2-6-19-42)45-35-37-52-59(39-45)65-58-29-14-10-24-51(58)61(52)50-23-9-13-28-56(50)64-55-27-12-8-21-47(55)49-22-15-25-53(61)60(49)64/h1-39H. The number of anilines is 3. The van der Waals surface area contributed by atoms with E-state index in [1.54, 1.807) is 0 Å². The molecule has 1 spiro atoms. The monoisotopic (exact) mass is 845 g/mol. The summed E-state index contributed by atoms with van der Waals surface area (Å²) >= 11 is 1.89. The summed E-state index contributed by atoms with van der Waals surface area (Å²) in [6.45, 7) is 0. The van der Waals surface area contributed by atoms with Crippen molar-refractivity contribution in [3.8, 4) is 22.5 Å². The quantitative estimate of drug-likeness (QED) is 0.171. The van der Waals surface area contributed by atoms with Crippen LogP contribution >= 0.6 is 11.8 Å². The Kier molecular flexibility index (Phi) is 7.83. The highest BCUT2D eigenvalue weighted by molar-refractivity contribution is 7.99. The van der Waals surface area contributed by atoms with Gasteiger partial charge in [0.15, 0.2) is 0 Å².